The van der Waals surface area contributed by atoms with Gasteiger partial charge >= 0.3 is 0 Å². The van der Waals surface area contributed by atoms with Crippen molar-refractivity contribution < 1.29 is 9.50 Å². The molecule has 0 radical (unpaired) electrons. The van der Waals surface area contributed by atoms with Gasteiger partial charge in [0.1, 0.15) is 5.82 Å². The minimum atomic E-state index is -0.275. The minimum absolute atomic E-state index is 0.114. The second-order valence-corrected chi connectivity index (χ2v) is 6.81. The molecule has 94 valence electrons. The third-order valence-electron chi connectivity index (χ3n) is 2.92. The van der Waals surface area contributed by atoms with Crippen molar-refractivity contribution in [3.63, 3.8) is 0 Å². The van der Waals surface area contributed by atoms with Crippen molar-refractivity contribution in [1.82, 2.24) is 0 Å². The van der Waals surface area contributed by atoms with Crippen molar-refractivity contribution in [3.05, 3.63) is 29.6 Å². The number of thioether (sulfide) groups is 1. The molecule has 0 aliphatic carbocycles. The van der Waals surface area contributed by atoms with Crippen LogP contribution >= 0.6 is 11.8 Å². The first-order chi connectivity index (χ1) is 8.00. The molecule has 0 aromatic heterocycles. The molecule has 0 unspecified atom stereocenters. The van der Waals surface area contributed by atoms with Gasteiger partial charge in [0.25, 0.3) is 0 Å². The molecule has 17 heavy (non-hydrogen) atoms. The van der Waals surface area contributed by atoms with E-state index in [0.29, 0.717) is 5.56 Å². The van der Waals surface area contributed by atoms with Crippen LogP contribution in [0.1, 0.15) is 19.4 Å². The van der Waals surface area contributed by atoms with Crippen LogP contribution in [0.4, 0.5) is 10.1 Å². The molecule has 1 N–H and O–H groups in total. The predicted molar refractivity (Wildman–Crippen MR) is 71.1 cm³/mol. The van der Waals surface area contributed by atoms with Gasteiger partial charge in [-0.3, -0.25) is 0 Å². The van der Waals surface area contributed by atoms with E-state index in [0.717, 1.165) is 24.5 Å². The van der Waals surface area contributed by atoms with Crippen molar-refractivity contribution in [2.24, 2.45) is 0 Å². The Hall–Kier alpha value is -0.740. The van der Waals surface area contributed by atoms with Crippen molar-refractivity contribution in [2.45, 2.75) is 25.2 Å². The van der Waals surface area contributed by atoms with Crippen LogP contribution in [-0.2, 0) is 6.61 Å². The first-order valence-corrected chi connectivity index (χ1v) is 6.78. The van der Waals surface area contributed by atoms with E-state index in [1.54, 1.807) is 6.07 Å². The van der Waals surface area contributed by atoms with Crippen molar-refractivity contribution in [2.75, 3.05) is 23.7 Å². The molecule has 0 atom stereocenters. The quantitative estimate of drug-likeness (QED) is 0.879. The van der Waals surface area contributed by atoms with E-state index in [4.69, 9.17) is 5.11 Å². The highest BCUT2D eigenvalue weighted by atomic mass is 32.2. The molecule has 0 amide bonds. The number of rotatable bonds is 2. The highest BCUT2D eigenvalue weighted by Crippen LogP contribution is 2.32. The molecule has 0 saturated carbocycles. The van der Waals surface area contributed by atoms with E-state index in [9.17, 15) is 4.39 Å². The maximum absolute atomic E-state index is 13.4. The van der Waals surface area contributed by atoms with Gasteiger partial charge in [-0.25, -0.2) is 4.39 Å². The zero-order valence-corrected chi connectivity index (χ0v) is 11.1. The van der Waals surface area contributed by atoms with Crippen LogP contribution in [0.15, 0.2) is 18.2 Å². The number of hydrogen-bond acceptors (Lipinski definition) is 3. The van der Waals surface area contributed by atoms with E-state index >= 15 is 0 Å². The zero-order chi connectivity index (χ0) is 12.5. The van der Waals surface area contributed by atoms with Crippen LogP contribution in [0, 0.1) is 5.82 Å². The Labute approximate surface area is 106 Å². The highest BCUT2D eigenvalue weighted by molar-refractivity contribution is 8.00. The van der Waals surface area contributed by atoms with E-state index in [2.05, 4.69) is 18.7 Å². The van der Waals surface area contributed by atoms with E-state index in [-0.39, 0.29) is 17.2 Å². The molecule has 1 fully saturated rings. The summed E-state index contributed by atoms with van der Waals surface area (Å²) in [5.74, 6) is 0.778. The van der Waals surface area contributed by atoms with Gasteiger partial charge in [-0.1, -0.05) is 0 Å². The monoisotopic (exact) mass is 255 g/mol. The lowest BCUT2D eigenvalue weighted by Gasteiger charge is -2.39. The van der Waals surface area contributed by atoms with Crippen LogP contribution < -0.4 is 4.90 Å². The van der Waals surface area contributed by atoms with Gasteiger partial charge in [-0.2, -0.15) is 11.8 Å². The summed E-state index contributed by atoms with van der Waals surface area (Å²) in [6, 6.07) is 4.80. The lowest BCUT2D eigenvalue weighted by atomic mass is 10.1. The third kappa shape index (κ3) is 3.13. The van der Waals surface area contributed by atoms with Gasteiger partial charge in [0.15, 0.2) is 0 Å². The molecular weight excluding hydrogens is 237 g/mol. The Morgan fingerprint density at radius 1 is 1.41 bits per heavy atom. The van der Waals surface area contributed by atoms with E-state index in [1.807, 2.05) is 17.8 Å². The molecule has 1 heterocycles. The van der Waals surface area contributed by atoms with Gasteiger partial charge in [-0.15, -0.1) is 0 Å². The van der Waals surface area contributed by atoms with Crippen LogP contribution in [0.3, 0.4) is 0 Å². The third-order valence-corrected chi connectivity index (χ3v) is 4.21. The van der Waals surface area contributed by atoms with Gasteiger partial charge in [0, 0.05) is 29.3 Å². The Balaban J connectivity index is 2.24. The second-order valence-electron chi connectivity index (χ2n) is 5.01. The fourth-order valence-electron chi connectivity index (χ4n) is 2.14. The average Bonchev–Trinajstić information content (AvgIpc) is 2.27. The SMILES string of the molecule is CC1(C)CN(c2cc(F)cc(CO)c2)CCS1. The molecule has 1 aliphatic heterocycles. The van der Waals surface area contributed by atoms with Gasteiger partial charge in [-0.05, 0) is 37.6 Å². The summed E-state index contributed by atoms with van der Waals surface area (Å²) in [4.78, 5) is 2.19. The van der Waals surface area contributed by atoms with Crippen molar-refractivity contribution in [1.29, 1.82) is 0 Å². The Morgan fingerprint density at radius 2 is 2.18 bits per heavy atom. The van der Waals surface area contributed by atoms with Crippen LogP contribution in [0.25, 0.3) is 0 Å². The smallest absolute Gasteiger partial charge is 0.125 e. The number of hydrogen-bond donors (Lipinski definition) is 1. The molecule has 1 aliphatic rings. The Bertz CT molecular complexity index is 408. The summed E-state index contributed by atoms with van der Waals surface area (Å²) in [6.45, 7) is 6.14. The summed E-state index contributed by atoms with van der Waals surface area (Å²) in [5, 5.41) is 9.10. The Morgan fingerprint density at radius 3 is 2.82 bits per heavy atom. The first kappa shape index (κ1) is 12.7. The number of aliphatic hydroxyl groups is 1. The van der Waals surface area contributed by atoms with Crippen molar-refractivity contribution >= 4 is 17.4 Å². The summed E-state index contributed by atoms with van der Waals surface area (Å²) >= 11 is 1.95. The largest absolute Gasteiger partial charge is 0.392 e. The van der Waals surface area contributed by atoms with Crippen molar-refractivity contribution in [3.8, 4) is 0 Å². The number of halogens is 1. The second kappa shape index (κ2) is 4.86. The fraction of sp³-hybridized carbons (Fsp3) is 0.538. The summed E-state index contributed by atoms with van der Waals surface area (Å²) in [7, 11) is 0. The van der Waals surface area contributed by atoms with Gasteiger partial charge < -0.3 is 10.0 Å². The molecular formula is C13H18FNOS. The lowest BCUT2D eigenvalue weighted by Crippen LogP contribution is -2.43. The normalized spacial score (nSPS) is 19.4. The molecule has 0 bridgehead atoms. The summed E-state index contributed by atoms with van der Waals surface area (Å²) < 4.78 is 13.6. The molecule has 1 aromatic carbocycles. The number of nitrogens with zero attached hydrogens (tertiary/aromatic N) is 1. The fourth-order valence-corrected chi connectivity index (χ4v) is 3.26. The molecule has 0 spiro atoms. The molecule has 2 nitrogen and oxygen atoms in total. The Kier molecular flexibility index (Phi) is 3.64. The molecule has 1 aromatic rings. The van der Waals surface area contributed by atoms with E-state index < -0.39 is 0 Å². The number of aliphatic hydroxyl groups excluding tert-OH is 1. The zero-order valence-electron chi connectivity index (χ0n) is 10.2. The first-order valence-electron chi connectivity index (χ1n) is 5.79. The standard InChI is InChI=1S/C13H18FNOS/c1-13(2)9-15(3-4-17-13)12-6-10(8-16)5-11(14)7-12/h5-7,16H,3-4,8-9H2,1-2H3. The lowest BCUT2D eigenvalue weighted by molar-refractivity contribution is 0.281. The van der Waals surface area contributed by atoms with Crippen LogP contribution in [0.5, 0.6) is 0 Å². The maximum Gasteiger partial charge on any atom is 0.125 e. The number of anilines is 1. The van der Waals surface area contributed by atoms with Crippen LogP contribution in [0.2, 0.25) is 0 Å². The van der Waals surface area contributed by atoms with Gasteiger partial charge in [0.05, 0.1) is 6.61 Å². The predicted octanol–water partition coefficient (Wildman–Crippen LogP) is 2.65. The van der Waals surface area contributed by atoms with E-state index in [1.165, 1.54) is 6.07 Å². The minimum Gasteiger partial charge on any atom is -0.392 e. The van der Waals surface area contributed by atoms with Crippen LogP contribution in [-0.4, -0.2) is 28.7 Å². The highest BCUT2D eigenvalue weighted by Gasteiger charge is 2.27. The average molecular weight is 255 g/mol. The molecule has 1 saturated heterocycles. The van der Waals surface area contributed by atoms with Gasteiger partial charge in [0.2, 0.25) is 0 Å². The maximum atomic E-state index is 13.4. The topological polar surface area (TPSA) is 23.5 Å². The summed E-state index contributed by atoms with van der Waals surface area (Å²) in [5.41, 5.74) is 1.51. The molecule has 2 rings (SSSR count). The summed E-state index contributed by atoms with van der Waals surface area (Å²) in [6.07, 6.45) is 0. The molecule has 4 heteroatoms. The number of benzene rings is 1.